The van der Waals surface area contributed by atoms with E-state index in [4.69, 9.17) is 9.47 Å². The molecule has 1 atom stereocenters. The highest BCUT2D eigenvalue weighted by Crippen LogP contribution is 2.32. The van der Waals surface area contributed by atoms with Crippen LogP contribution in [-0.2, 0) is 11.3 Å². The molecule has 6 heteroatoms. The molecule has 0 saturated heterocycles. The maximum atomic E-state index is 12.1. The van der Waals surface area contributed by atoms with Crippen LogP contribution in [0.25, 0.3) is 0 Å². The van der Waals surface area contributed by atoms with Crippen LogP contribution in [-0.4, -0.2) is 22.5 Å². The molecule has 122 valence electrons. The number of nitrogens with one attached hydrogen (secondary N) is 1. The standard InChI is InChI=1S/C17H21N3O3/c1-11-6-12(2)20(19-11)13(3)7-17(21)18-9-14-4-5-15-16(8-14)23-10-22-15/h4-6,8,13H,7,9-10H2,1-3H3,(H,18,21). The number of carbonyl (C=O) groups excluding carboxylic acids is 1. The van der Waals surface area contributed by atoms with Crippen LogP contribution in [0.3, 0.4) is 0 Å². The van der Waals surface area contributed by atoms with Crippen LogP contribution in [0.4, 0.5) is 0 Å². The fourth-order valence-electron chi connectivity index (χ4n) is 2.77. The number of aryl methyl sites for hydroxylation is 2. The second kappa shape index (κ2) is 6.32. The summed E-state index contributed by atoms with van der Waals surface area (Å²) >= 11 is 0. The molecular weight excluding hydrogens is 294 g/mol. The number of ether oxygens (including phenoxy) is 2. The van der Waals surface area contributed by atoms with Gasteiger partial charge in [0.15, 0.2) is 11.5 Å². The monoisotopic (exact) mass is 315 g/mol. The van der Waals surface area contributed by atoms with E-state index in [2.05, 4.69) is 10.4 Å². The summed E-state index contributed by atoms with van der Waals surface area (Å²) in [5.41, 5.74) is 3.02. The first-order chi connectivity index (χ1) is 11.0. The van der Waals surface area contributed by atoms with Crippen LogP contribution in [0.2, 0.25) is 0 Å². The number of amides is 1. The molecule has 1 unspecified atom stereocenters. The average molecular weight is 315 g/mol. The zero-order valence-corrected chi connectivity index (χ0v) is 13.6. The molecule has 6 nitrogen and oxygen atoms in total. The first-order valence-corrected chi connectivity index (χ1v) is 7.71. The van der Waals surface area contributed by atoms with Gasteiger partial charge in [-0.15, -0.1) is 0 Å². The number of hydrogen-bond donors (Lipinski definition) is 1. The van der Waals surface area contributed by atoms with E-state index in [0.29, 0.717) is 13.0 Å². The van der Waals surface area contributed by atoms with Crippen molar-refractivity contribution < 1.29 is 14.3 Å². The van der Waals surface area contributed by atoms with Gasteiger partial charge in [0, 0.05) is 18.7 Å². The molecule has 0 spiro atoms. The Labute approximate surface area is 135 Å². The van der Waals surface area contributed by atoms with Gasteiger partial charge in [-0.1, -0.05) is 6.07 Å². The van der Waals surface area contributed by atoms with Crippen molar-refractivity contribution in [1.82, 2.24) is 15.1 Å². The Morgan fingerprint density at radius 3 is 2.83 bits per heavy atom. The molecule has 1 aliphatic heterocycles. The second-order valence-corrected chi connectivity index (χ2v) is 5.89. The van der Waals surface area contributed by atoms with Crippen LogP contribution in [0.5, 0.6) is 11.5 Å². The zero-order chi connectivity index (χ0) is 16.4. The lowest BCUT2D eigenvalue weighted by atomic mass is 10.2. The number of carbonyl (C=O) groups is 1. The summed E-state index contributed by atoms with van der Waals surface area (Å²) in [5.74, 6) is 1.48. The van der Waals surface area contributed by atoms with E-state index in [-0.39, 0.29) is 18.7 Å². The molecule has 0 radical (unpaired) electrons. The topological polar surface area (TPSA) is 65.4 Å². The Kier molecular flexibility index (Phi) is 4.23. The summed E-state index contributed by atoms with van der Waals surface area (Å²) < 4.78 is 12.5. The zero-order valence-electron chi connectivity index (χ0n) is 13.6. The number of nitrogens with zero attached hydrogens (tertiary/aromatic N) is 2. The minimum absolute atomic E-state index is 0.00252. The summed E-state index contributed by atoms with van der Waals surface area (Å²) in [6.45, 7) is 6.68. The molecule has 1 aliphatic rings. The lowest BCUT2D eigenvalue weighted by molar-refractivity contribution is -0.122. The smallest absolute Gasteiger partial charge is 0.231 e. The van der Waals surface area contributed by atoms with Crippen molar-refractivity contribution in [3.8, 4) is 11.5 Å². The van der Waals surface area contributed by atoms with Crippen molar-refractivity contribution >= 4 is 5.91 Å². The third-order valence-corrected chi connectivity index (χ3v) is 3.87. The molecule has 0 fully saturated rings. The fourth-order valence-corrected chi connectivity index (χ4v) is 2.77. The third-order valence-electron chi connectivity index (χ3n) is 3.87. The van der Waals surface area contributed by atoms with Gasteiger partial charge in [0.2, 0.25) is 12.7 Å². The Morgan fingerprint density at radius 1 is 1.30 bits per heavy atom. The first kappa shape index (κ1) is 15.4. The molecule has 1 aromatic carbocycles. The van der Waals surface area contributed by atoms with Gasteiger partial charge < -0.3 is 14.8 Å². The van der Waals surface area contributed by atoms with E-state index < -0.39 is 0 Å². The van der Waals surface area contributed by atoms with Crippen LogP contribution in [0.1, 0.15) is 36.3 Å². The van der Waals surface area contributed by atoms with Crippen LogP contribution in [0, 0.1) is 13.8 Å². The molecule has 1 aromatic heterocycles. The maximum Gasteiger partial charge on any atom is 0.231 e. The quantitative estimate of drug-likeness (QED) is 0.920. The van der Waals surface area contributed by atoms with Gasteiger partial charge >= 0.3 is 0 Å². The maximum absolute atomic E-state index is 12.1. The van der Waals surface area contributed by atoms with Crippen LogP contribution in [0.15, 0.2) is 24.3 Å². The first-order valence-electron chi connectivity index (χ1n) is 7.71. The highest BCUT2D eigenvalue weighted by atomic mass is 16.7. The van der Waals surface area contributed by atoms with Gasteiger partial charge in [-0.25, -0.2) is 0 Å². The van der Waals surface area contributed by atoms with Crippen LogP contribution >= 0.6 is 0 Å². The Morgan fingerprint density at radius 2 is 2.09 bits per heavy atom. The molecule has 3 rings (SSSR count). The summed E-state index contributed by atoms with van der Waals surface area (Å²) in [4.78, 5) is 12.1. The van der Waals surface area contributed by atoms with Gasteiger partial charge in [0.1, 0.15) is 0 Å². The largest absolute Gasteiger partial charge is 0.454 e. The van der Waals surface area contributed by atoms with Gasteiger partial charge in [-0.2, -0.15) is 5.10 Å². The second-order valence-electron chi connectivity index (χ2n) is 5.89. The van der Waals surface area contributed by atoms with Crippen molar-refractivity contribution in [2.24, 2.45) is 0 Å². The Bertz CT molecular complexity index is 724. The van der Waals surface area contributed by atoms with E-state index in [9.17, 15) is 4.79 Å². The molecule has 0 saturated carbocycles. The number of hydrogen-bond acceptors (Lipinski definition) is 4. The highest BCUT2D eigenvalue weighted by Gasteiger charge is 2.15. The minimum atomic E-state index is 0.00252. The molecule has 1 amide bonds. The molecule has 1 N–H and O–H groups in total. The van der Waals surface area contributed by atoms with E-state index >= 15 is 0 Å². The minimum Gasteiger partial charge on any atom is -0.454 e. The van der Waals surface area contributed by atoms with E-state index in [0.717, 1.165) is 28.5 Å². The predicted octanol–water partition coefficient (Wildman–Crippen LogP) is 2.50. The Balaban J connectivity index is 1.54. The summed E-state index contributed by atoms with van der Waals surface area (Å²) in [5, 5.41) is 7.37. The highest BCUT2D eigenvalue weighted by molar-refractivity contribution is 5.76. The number of aromatic nitrogens is 2. The van der Waals surface area contributed by atoms with E-state index in [1.165, 1.54) is 0 Å². The van der Waals surface area contributed by atoms with Gasteiger partial charge in [0.25, 0.3) is 0 Å². The summed E-state index contributed by atoms with van der Waals surface area (Å²) in [7, 11) is 0. The van der Waals surface area contributed by atoms with Crippen molar-refractivity contribution in [3.05, 3.63) is 41.2 Å². The van der Waals surface area contributed by atoms with Crippen molar-refractivity contribution in [2.45, 2.75) is 39.8 Å². The number of rotatable bonds is 5. The third kappa shape index (κ3) is 3.47. The van der Waals surface area contributed by atoms with Crippen LogP contribution < -0.4 is 14.8 Å². The van der Waals surface area contributed by atoms with Gasteiger partial charge in [0.05, 0.1) is 11.7 Å². The predicted molar refractivity (Wildman–Crippen MR) is 85.4 cm³/mol. The molecule has 0 aliphatic carbocycles. The normalized spacial score (nSPS) is 13.9. The Hall–Kier alpha value is -2.50. The average Bonchev–Trinajstić information content (AvgIpc) is 3.10. The van der Waals surface area contributed by atoms with Gasteiger partial charge in [-0.05, 0) is 44.5 Å². The fraction of sp³-hybridized carbons (Fsp3) is 0.412. The molecule has 0 bridgehead atoms. The lowest BCUT2D eigenvalue weighted by Gasteiger charge is -2.14. The van der Waals surface area contributed by atoms with E-state index in [1.54, 1.807) is 0 Å². The van der Waals surface area contributed by atoms with Crippen molar-refractivity contribution in [2.75, 3.05) is 6.79 Å². The SMILES string of the molecule is Cc1cc(C)n(C(C)CC(=O)NCc2ccc3c(c2)OCO3)n1. The number of benzene rings is 1. The lowest BCUT2D eigenvalue weighted by Crippen LogP contribution is -2.26. The summed E-state index contributed by atoms with van der Waals surface area (Å²) in [6, 6.07) is 7.73. The molecular formula is C17H21N3O3. The molecule has 23 heavy (non-hydrogen) atoms. The van der Waals surface area contributed by atoms with Gasteiger partial charge in [-0.3, -0.25) is 9.48 Å². The van der Waals surface area contributed by atoms with Crippen molar-refractivity contribution in [1.29, 1.82) is 0 Å². The number of fused-ring (bicyclic) bond motifs is 1. The molecule has 2 heterocycles. The van der Waals surface area contributed by atoms with E-state index in [1.807, 2.05) is 49.7 Å². The molecule has 2 aromatic rings. The van der Waals surface area contributed by atoms with Crippen molar-refractivity contribution in [3.63, 3.8) is 0 Å². The summed E-state index contributed by atoms with van der Waals surface area (Å²) in [6.07, 6.45) is 0.395.